The Kier molecular flexibility index (Phi) is 5.62. The highest BCUT2D eigenvalue weighted by atomic mass is 35.5. The largest absolute Gasteiger partial charge is 0.489 e. The van der Waals surface area contributed by atoms with Crippen LogP contribution in [-0.2, 0) is 21.1 Å². The third-order valence-electron chi connectivity index (χ3n) is 4.14. The molecule has 2 aromatic rings. The first kappa shape index (κ1) is 19.5. The highest BCUT2D eigenvalue weighted by Crippen LogP contribution is 2.38. The number of halogens is 1. The molecule has 3 rings (SSSR count). The van der Waals surface area contributed by atoms with Crippen LogP contribution in [0.1, 0.15) is 17.5 Å². The van der Waals surface area contributed by atoms with Gasteiger partial charge in [-0.2, -0.15) is 0 Å². The third-order valence-corrected chi connectivity index (χ3v) is 5.53. The monoisotopic (exact) mass is 409 g/mol. The Balaban J connectivity index is 1.79. The molecule has 2 aromatic carbocycles. The number of benzene rings is 2. The Labute approximate surface area is 163 Å². The van der Waals surface area contributed by atoms with Gasteiger partial charge in [-0.25, -0.2) is 8.42 Å². The second kappa shape index (κ2) is 7.78. The van der Waals surface area contributed by atoms with Crippen LogP contribution in [0.5, 0.6) is 11.5 Å². The Hall–Kier alpha value is -2.25. The lowest BCUT2D eigenvalue weighted by Crippen LogP contribution is -2.15. The summed E-state index contributed by atoms with van der Waals surface area (Å²) in [5.74, 6) is 0.738. The van der Waals surface area contributed by atoms with Crippen LogP contribution < -0.4 is 14.8 Å². The van der Waals surface area contributed by atoms with E-state index in [2.05, 4.69) is 5.32 Å². The van der Waals surface area contributed by atoms with Crippen LogP contribution in [0.15, 0.2) is 35.2 Å². The SMILES string of the molecule is Cc1ccc(S(C)(=O)=O)cc1NC(=O)Cc1cc(Cl)c2c(c1)OCCCO2. The van der Waals surface area contributed by atoms with Gasteiger partial charge in [-0.1, -0.05) is 17.7 Å². The van der Waals surface area contributed by atoms with Crippen molar-refractivity contribution in [3.8, 4) is 11.5 Å². The first-order valence-corrected chi connectivity index (χ1v) is 10.7. The fraction of sp³-hybridized carbons (Fsp3) is 0.316. The second-order valence-corrected chi connectivity index (χ2v) is 8.85. The van der Waals surface area contributed by atoms with Crippen LogP contribution in [0.4, 0.5) is 5.69 Å². The van der Waals surface area contributed by atoms with Crippen molar-refractivity contribution in [2.45, 2.75) is 24.7 Å². The van der Waals surface area contributed by atoms with E-state index in [1.807, 2.05) is 0 Å². The van der Waals surface area contributed by atoms with Gasteiger partial charge in [-0.15, -0.1) is 0 Å². The highest BCUT2D eigenvalue weighted by molar-refractivity contribution is 7.90. The molecule has 0 aromatic heterocycles. The Morgan fingerprint density at radius 3 is 2.67 bits per heavy atom. The molecule has 1 N–H and O–H groups in total. The Bertz CT molecular complexity index is 988. The van der Waals surface area contributed by atoms with Crippen molar-refractivity contribution >= 4 is 33.0 Å². The summed E-state index contributed by atoms with van der Waals surface area (Å²) >= 11 is 6.26. The minimum Gasteiger partial charge on any atom is -0.489 e. The van der Waals surface area contributed by atoms with E-state index in [0.29, 0.717) is 41.0 Å². The van der Waals surface area contributed by atoms with E-state index in [9.17, 15) is 13.2 Å². The van der Waals surface area contributed by atoms with Gasteiger partial charge in [0.25, 0.3) is 0 Å². The van der Waals surface area contributed by atoms with Gasteiger partial charge in [0.1, 0.15) is 0 Å². The number of ether oxygens (including phenoxy) is 2. The van der Waals surface area contributed by atoms with Crippen LogP contribution in [0, 0.1) is 6.92 Å². The number of hydrogen-bond donors (Lipinski definition) is 1. The number of sulfone groups is 1. The van der Waals surface area contributed by atoms with Gasteiger partial charge in [-0.3, -0.25) is 4.79 Å². The molecule has 0 saturated carbocycles. The molecular formula is C19H20ClNO5S. The first-order chi connectivity index (χ1) is 12.7. The molecule has 8 heteroatoms. The smallest absolute Gasteiger partial charge is 0.228 e. The number of nitrogens with one attached hydrogen (secondary N) is 1. The van der Waals surface area contributed by atoms with Gasteiger partial charge in [0.2, 0.25) is 5.91 Å². The summed E-state index contributed by atoms with van der Waals surface area (Å²) in [6.07, 6.45) is 1.96. The lowest BCUT2D eigenvalue weighted by molar-refractivity contribution is -0.115. The van der Waals surface area contributed by atoms with E-state index in [4.69, 9.17) is 21.1 Å². The zero-order valence-electron chi connectivity index (χ0n) is 15.0. The molecule has 1 aliphatic heterocycles. The van der Waals surface area contributed by atoms with Crippen molar-refractivity contribution in [1.29, 1.82) is 0 Å². The number of carbonyl (C=O) groups excluding carboxylic acids is 1. The number of carbonyl (C=O) groups is 1. The van der Waals surface area contributed by atoms with Crippen LogP contribution in [0.25, 0.3) is 0 Å². The standard InChI is InChI=1S/C19H20ClNO5S/c1-12-4-5-14(27(2,23)24)11-16(12)21-18(22)10-13-8-15(20)19-17(9-13)25-6-3-7-26-19/h4-5,8-9,11H,3,6-7,10H2,1-2H3,(H,21,22). The molecular weight excluding hydrogens is 390 g/mol. The topological polar surface area (TPSA) is 81.7 Å². The van der Waals surface area contributed by atoms with Crippen molar-refractivity contribution in [2.24, 2.45) is 0 Å². The number of amides is 1. The van der Waals surface area contributed by atoms with Crippen molar-refractivity contribution in [3.63, 3.8) is 0 Å². The summed E-state index contributed by atoms with van der Waals surface area (Å²) in [6, 6.07) is 8.06. The molecule has 0 unspecified atom stereocenters. The number of aryl methyl sites for hydroxylation is 1. The molecule has 0 aliphatic carbocycles. The molecule has 1 heterocycles. The fourth-order valence-electron chi connectivity index (χ4n) is 2.73. The Morgan fingerprint density at radius 1 is 1.19 bits per heavy atom. The van der Waals surface area contributed by atoms with Gasteiger partial charge in [0.15, 0.2) is 21.3 Å². The lowest BCUT2D eigenvalue weighted by Gasteiger charge is -2.13. The van der Waals surface area contributed by atoms with E-state index >= 15 is 0 Å². The van der Waals surface area contributed by atoms with Crippen molar-refractivity contribution in [2.75, 3.05) is 24.8 Å². The van der Waals surface area contributed by atoms with E-state index in [-0.39, 0.29) is 17.2 Å². The average molecular weight is 410 g/mol. The molecule has 0 atom stereocenters. The minimum atomic E-state index is -3.36. The van der Waals surface area contributed by atoms with Gasteiger partial charge in [0, 0.05) is 18.4 Å². The Morgan fingerprint density at radius 2 is 1.93 bits per heavy atom. The van der Waals surface area contributed by atoms with E-state index in [1.54, 1.807) is 25.1 Å². The van der Waals surface area contributed by atoms with Gasteiger partial charge in [0.05, 0.1) is 29.6 Å². The summed E-state index contributed by atoms with van der Waals surface area (Å²) in [5.41, 5.74) is 1.91. The second-order valence-electron chi connectivity index (χ2n) is 6.43. The molecule has 0 spiro atoms. The van der Waals surface area contributed by atoms with Crippen molar-refractivity contribution in [3.05, 3.63) is 46.5 Å². The summed E-state index contributed by atoms with van der Waals surface area (Å²) in [6.45, 7) is 2.85. The molecule has 1 aliphatic rings. The third kappa shape index (κ3) is 4.73. The number of fused-ring (bicyclic) bond motifs is 1. The number of rotatable bonds is 4. The fourth-order valence-corrected chi connectivity index (χ4v) is 3.67. The van der Waals surface area contributed by atoms with Gasteiger partial charge >= 0.3 is 0 Å². The van der Waals surface area contributed by atoms with Crippen LogP contribution in [0.2, 0.25) is 5.02 Å². The number of hydrogen-bond acceptors (Lipinski definition) is 5. The molecule has 1 amide bonds. The van der Waals surface area contributed by atoms with Crippen LogP contribution in [0.3, 0.4) is 0 Å². The van der Waals surface area contributed by atoms with E-state index < -0.39 is 9.84 Å². The number of anilines is 1. The molecule has 0 radical (unpaired) electrons. The molecule has 0 saturated heterocycles. The first-order valence-electron chi connectivity index (χ1n) is 8.42. The van der Waals surface area contributed by atoms with Crippen LogP contribution >= 0.6 is 11.6 Å². The summed E-state index contributed by atoms with van der Waals surface area (Å²) in [7, 11) is -3.36. The predicted octanol–water partition coefficient (Wildman–Crippen LogP) is 3.39. The highest BCUT2D eigenvalue weighted by Gasteiger charge is 2.17. The van der Waals surface area contributed by atoms with E-state index in [1.165, 1.54) is 12.1 Å². The maximum atomic E-state index is 12.5. The maximum absolute atomic E-state index is 12.5. The van der Waals surface area contributed by atoms with E-state index in [0.717, 1.165) is 18.2 Å². The van der Waals surface area contributed by atoms with Crippen LogP contribution in [-0.4, -0.2) is 33.8 Å². The van der Waals surface area contributed by atoms with Gasteiger partial charge in [-0.05, 0) is 42.3 Å². The zero-order chi connectivity index (χ0) is 19.6. The molecule has 27 heavy (non-hydrogen) atoms. The maximum Gasteiger partial charge on any atom is 0.228 e. The minimum absolute atomic E-state index is 0.0684. The predicted molar refractivity (Wildman–Crippen MR) is 104 cm³/mol. The average Bonchev–Trinajstić information content (AvgIpc) is 2.81. The lowest BCUT2D eigenvalue weighted by atomic mass is 10.1. The van der Waals surface area contributed by atoms with Gasteiger partial charge < -0.3 is 14.8 Å². The summed E-state index contributed by atoms with van der Waals surface area (Å²) < 4.78 is 34.7. The molecule has 0 fully saturated rings. The zero-order valence-corrected chi connectivity index (χ0v) is 16.6. The molecule has 0 bridgehead atoms. The van der Waals surface area contributed by atoms with Crippen molar-refractivity contribution in [1.82, 2.24) is 0 Å². The quantitative estimate of drug-likeness (QED) is 0.836. The molecule has 6 nitrogen and oxygen atoms in total. The molecule has 144 valence electrons. The van der Waals surface area contributed by atoms with Crippen molar-refractivity contribution < 1.29 is 22.7 Å². The summed E-state index contributed by atoms with van der Waals surface area (Å²) in [5, 5.41) is 3.16. The normalized spacial score (nSPS) is 13.7. The summed E-state index contributed by atoms with van der Waals surface area (Å²) in [4.78, 5) is 12.6.